The number of carbonyl (C=O) groups is 3. The van der Waals surface area contributed by atoms with E-state index in [1.165, 1.54) is 17.0 Å². The van der Waals surface area contributed by atoms with Crippen LogP contribution in [-0.2, 0) is 14.4 Å². The maximum Gasteiger partial charge on any atom is 0.308 e. The summed E-state index contributed by atoms with van der Waals surface area (Å²) in [4.78, 5) is 35.8. The fourth-order valence-electron chi connectivity index (χ4n) is 2.18. The molecule has 1 fully saturated rings. The predicted octanol–water partition coefficient (Wildman–Crippen LogP) is 1.86. The number of aliphatic carboxylic acids is 1. The number of benzene rings is 1. The Hall–Kier alpha value is -2.44. The highest BCUT2D eigenvalue weighted by Crippen LogP contribution is 2.29. The Morgan fingerprint density at radius 2 is 2.09 bits per heavy atom. The number of carboxylic acids is 1. The Morgan fingerprint density at radius 1 is 1.41 bits per heavy atom. The van der Waals surface area contributed by atoms with E-state index in [1.54, 1.807) is 13.8 Å². The summed E-state index contributed by atoms with van der Waals surface area (Å²) in [6, 6.07) is 3.88. The van der Waals surface area contributed by atoms with Crippen LogP contribution < -0.4 is 10.2 Å². The summed E-state index contributed by atoms with van der Waals surface area (Å²) >= 11 is 0. The number of anilines is 2. The van der Waals surface area contributed by atoms with Gasteiger partial charge in [-0.15, -0.1) is 0 Å². The third-order valence-electron chi connectivity index (χ3n) is 3.52. The van der Waals surface area contributed by atoms with Crippen LogP contribution in [0.4, 0.5) is 15.8 Å². The molecule has 1 aromatic carbocycles. The average Bonchev–Trinajstić information content (AvgIpc) is 2.83. The molecule has 0 aromatic heterocycles. The molecule has 0 bridgehead atoms. The van der Waals surface area contributed by atoms with Gasteiger partial charge in [0.25, 0.3) is 0 Å². The van der Waals surface area contributed by atoms with E-state index in [2.05, 4.69) is 5.32 Å². The number of rotatable bonds is 4. The minimum absolute atomic E-state index is 0.0252. The number of halogens is 1. The van der Waals surface area contributed by atoms with Gasteiger partial charge in [-0.05, 0) is 18.2 Å². The van der Waals surface area contributed by atoms with E-state index in [1.807, 2.05) is 0 Å². The van der Waals surface area contributed by atoms with Crippen LogP contribution in [0.5, 0.6) is 0 Å². The maximum atomic E-state index is 13.8. The molecule has 118 valence electrons. The Labute approximate surface area is 126 Å². The van der Waals surface area contributed by atoms with Crippen LogP contribution in [0.25, 0.3) is 0 Å². The van der Waals surface area contributed by atoms with Gasteiger partial charge in [0.1, 0.15) is 5.82 Å². The fraction of sp³-hybridized carbons (Fsp3) is 0.400. The Morgan fingerprint density at radius 3 is 2.64 bits per heavy atom. The van der Waals surface area contributed by atoms with Crippen molar-refractivity contribution in [1.29, 1.82) is 0 Å². The van der Waals surface area contributed by atoms with Crippen LogP contribution in [0.15, 0.2) is 18.2 Å². The van der Waals surface area contributed by atoms with Crippen molar-refractivity contribution in [2.24, 2.45) is 11.8 Å². The van der Waals surface area contributed by atoms with Crippen LogP contribution in [0.3, 0.4) is 0 Å². The molecule has 1 aliphatic heterocycles. The number of nitrogens with one attached hydrogen (secondary N) is 1. The zero-order chi connectivity index (χ0) is 16.4. The van der Waals surface area contributed by atoms with E-state index in [9.17, 15) is 18.8 Å². The van der Waals surface area contributed by atoms with Gasteiger partial charge >= 0.3 is 5.97 Å². The minimum atomic E-state index is -1.04. The van der Waals surface area contributed by atoms with Crippen LogP contribution in [-0.4, -0.2) is 29.4 Å². The second-order valence-electron chi connectivity index (χ2n) is 5.55. The van der Waals surface area contributed by atoms with Crippen LogP contribution in [0.1, 0.15) is 20.3 Å². The van der Waals surface area contributed by atoms with E-state index >= 15 is 0 Å². The molecule has 1 saturated heterocycles. The summed E-state index contributed by atoms with van der Waals surface area (Å²) in [5, 5.41) is 11.4. The fourth-order valence-corrected chi connectivity index (χ4v) is 2.18. The van der Waals surface area contributed by atoms with Crippen LogP contribution in [0, 0.1) is 17.7 Å². The van der Waals surface area contributed by atoms with Crippen molar-refractivity contribution in [3.8, 4) is 0 Å². The Kier molecular flexibility index (Phi) is 4.44. The second kappa shape index (κ2) is 6.13. The lowest BCUT2D eigenvalue weighted by atomic mass is 10.1. The molecule has 6 nitrogen and oxygen atoms in total. The number of hydrogen-bond acceptors (Lipinski definition) is 3. The summed E-state index contributed by atoms with van der Waals surface area (Å²) in [5.41, 5.74) is 0.344. The first-order valence-corrected chi connectivity index (χ1v) is 6.93. The van der Waals surface area contributed by atoms with Crippen molar-refractivity contribution in [1.82, 2.24) is 0 Å². The van der Waals surface area contributed by atoms with Gasteiger partial charge in [0.15, 0.2) is 0 Å². The molecule has 1 heterocycles. The van der Waals surface area contributed by atoms with Crippen molar-refractivity contribution in [3.63, 3.8) is 0 Å². The first kappa shape index (κ1) is 15.9. The third kappa shape index (κ3) is 3.24. The molecule has 0 spiro atoms. The molecule has 2 N–H and O–H groups in total. The zero-order valence-electron chi connectivity index (χ0n) is 12.3. The van der Waals surface area contributed by atoms with E-state index in [-0.39, 0.29) is 36.4 Å². The van der Waals surface area contributed by atoms with Gasteiger partial charge in [-0.1, -0.05) is 13.8 Å². The predicted molar refractivity (Wildman–Crippen MR) is 78.0 cm³/mol. The second-order valence-corrected chi connectivity index (χ2v) is 5.55. The molecular formula is C15H17FN2O4. The van der Waals surface area contributed by atoms with Gasteiger partial charge in [0, 0.05) is 24.6 Å². The molecule has 0 saturated carbocycles. The Balaban J connectivity index is 2.24. The van der Waals surface area contributed by atoms with Crippen molar-refractivity contribution < 1.29 is 23.9 Å². The Bertz CT molecular complexity index is 630. The number of nitrogens with zero attached hydrogens (tertiary/aromatic N) is 1. The maximum absolute atomic E-state index is 13.8. The standard InChI is InChI=1S/C15H17FN2O4/c1-8(2)14(20)17-12-6-10(3-4-11(12)16)18-7-9(15(21)22)5-13(18)19/h3-4,6,8-9H,5,7H2,1-2H3,(H,17,20)(H,21,22)/t9-/m0/s1. The van der Waals surface area contributed by atoms with Crippen LogP contribution >= 0.6 is 0 Å². The number of hydrogen-bond donors (Lipinski definition) is 2. The zero-order valence-corrected chi connectivity index (χ0v) is 12.3. The van der Waals surface area contributed by atoms with E-state index in [0.29, 0.717) is 5.69 Å². The highest BCUT2D eigenvalue weighted by Gasteiger charge is 2.35. The van der Waals surface area contributed by atoms with Gasteiger partial charge in [-0.3, -0.25) is 14.4 Å². The SMILES string of the molecule is CC(C)C(=O)Nc1cc(N2C[C@@H](C(=O)O)CC2=O)ccc1F. The lowest BCUT2D eigenvalue weighted by Gasteiger charge is -2.18. The summed E-state index contributed by atoms with van der Waals surface area (Å²) in [6.45, 7) is 3.40. The quantitative estimate of drug-likeness (QED) is 0.889. The lowest BCUT2D eigenvalue weighted by molar-refractivity contribution is -0.141. The van der Waals surface area contributed by atoms with Crippen molar-refractivity contribution >= 4 is 29.2 Å². The monoisotopic (exact) mass is 308 g/mol. The van der Waals surface area contributed by atoms with Gasteiger partial charge in [-0.25, -0.2) is 4.39 Å². The molecule has 0 aliphatic carbocycles. The molecule has 1 aromatic rings. The summed E-state index contributed by atoms with van der Waals surface area (Å²) in [5.74, 6) is -3.41. The van der Waals surface area contributed by atoms with E-state index in [4.69, 9.17) is 5.11 Å². The highest BCUT2D eigenvalue weighted by atomic mass is 19.1. The molecule has 2 amide bonds. The van der Waals surface area contributed by atoms with Crippen LogP contribution in [0.2, 0.25) is 0 Å². The highest BCUT2D eigenvalue weighted by molar-refractivity contribution is 6.00. The normalized spacial score (nSPS) is 17.9. The lowest BCUT2D eigenvalue weighted by Crippen LogP contribution is -2.26. The number of carboxylic acid groups (broad SMARTS) is 1. The molecular weight excluding hydrogens is 291 g/mol. The van der Waals surface area contributed by atoms with Gasteiger partial charge in [0.05, 0.1) is 11.6 Å². The molecule has 0 unspecified atom stereocenters. The third-order valence-corrected chi connectivity index (χ3v) is 3.52. The van der Waals surface area contributed by atoms with Crippen molar-refractivity contribution in [2.45, 2.75) is 20.3 Å². The molecule has 1 atom stereocenters. The smallest absolute Gasteiger partial charge is 0.308 e. The number of amides is 2. The van der Waals surface area contributed by atoms with Crippen molar-refractivity contribution in [2.75, 3.05) is 16.8 Å². The van der Waals surface area contributed by atoms with Gasteiger partial charge < -0.3 is 15.3 Å². The summed E-state index contributed by atoms with van der Waals surface area (Å²) < 4.78 is 13.8. The summed E-state index contributed by atoms with van der Waals surface area (Å²) in [7, 11) is 0. The topological polar surface area (TPSA) is 86.7 Å². The van der Waals surface area contributed by atoms with E-state index < -0.39 is 17.7 Å². The van der Waals surface area contributed by atoms with Gasteiger partial charge in [0.2, 0.25) is 11.8 Å². The first-order chi connectivity index (χ1) is 10.3. The van der Waals surface area contributed by atoms with Gasteiger partial charge in [-0.2, -0.15) is 0 Å². The molecule has 0 radical (unpaired) electrons. The summed E-state index contributed by atoms with van der Waals surface area (Å²) in [6.07, 6.45) is -0.0829. The molecule has 1 aliphatic rings. The van der Waals surface area contributed by atoms with Crippen molar-refractivity contribution in [3.05, 3.63) is 24.0 Å². The largest absolute Gasteiger partial charge is 0.481 e. The molecule has 22 heavy (non-hydrogen) atoms. The number of carbonyl (C=O) groups excluding carboxylic acids is 2. The first-order valence-electron chi connectivity index (χ1n) is 6.93. The minimum Gasteiger partial charge on any atom is -0.481 e. The van der Waals surface area contributed by atoms with E-state index in [0.717, 1.165) is 6.07 Å². The average molecular weight is 308 g/mol. The molecule has 7 heteroatoms. The molecule has 2 rings (SSSR count).